The minimum Gasteiger partial charge on any atom is -0.508 e. The van der Waals surface area contributed by atoms with Gasteiger partial charge in [-0.25, -0.2) is 0 Å². The zero-order valence-electron chi connectivity index (χ0n) is 17.5. The second-order valence-corrected chi connectivity index (χ2v) is 7.33. The second-order valence-electron chi connectivity index (χ2n) is 7.33. The second kappa shape index (κ2) is 11.1. The summed E-state index contributed by atoms with van der Waals surface area (Å²) in [5.74, 6) is 0.747. The minimum atomic E-state index is -0.172. The molecule has 1 unspecified atom stereocenters. The van der Waals surface area contributed by atoms with Crippen LogP contribution in [-0.2, 0) is 0 Å². The number of aromatic hydroxyl groups is 1. The van der Waals surface area contributed by atoms with E-state index in [1.165, 1.54) is 17.8 Å². The standard InChI is InChI=1S/C23H31N5O2/c1-2-24-23(26-15-14-25-22(30)18-10-12-21(29)13-11-18)27-19-7-6-16-28(17-19)20-8-4-3-5-9-20/h3-5,8-13,19,29H,2,6-7,14-17H2,1H3,(H,25,30)(H2,24,26,27). The number of aliphatic imine (C=N–C) groups is 1. The molecule has 1 aliphatic rings. The van der Waals surface area contributed by atoms with Gasteiger partial charge in [0.25, 0.3) is 5.91 Å². The maximum Gasteiger partial charge on any atom is 0.251 e. The van der Waals surface area contributed by atoms with E-state index in [1.54, 1.807) is 12.1 Å². The molecule has 0 spiro atoms. The molecule has 160 valence electrons. The predicted octanol–water partition coefficient (Wildman–Crippen LogP) is 2.35. The number of hydrogen-bond donors (Lipinski definition) is 4. The Balaban J connectivity index is 1.49. The van der Waals surface area contributed by atoms with Gasteiger partial charge in [-0.3, -0.25) is 9.79 Å². The Hall–Kier alpha value is -3.22. The smallest absolute Gasteiger partial charge is 0.251 e. The first-order valence-corrected chi connectivity index (χ1v) is 10.6. The first kappa shape index (κ1) is 21.5. The molecule has 1 amide bonds. The summed E-state index contributed by atoms with van der Waals surface area (Å²) < 4.78 is 0. The molecule has 1 saturated heterocycles. The Labute approximate surface area is 178 Å². The lowest BCUT2D eigenvalue weighted by atomic mass is 10.1. The van der Waals surface area contributed by atoms with E-state index in [0.717, 1.165) is 38.4 Å². The van der Waals surface area contributed by atoms with Gasteiger partial charge < -0.3 is 26.0 Å². The molecule has 2 aromatic carbocycles. The number of carbonyl (C=O) groups is 1. The normalized spacial score (nSPS) is 16.8. The summed E-state index contributed by atoms with van der Waals surface area (Å²) in [7, 11) is 0. The van der Waals surface area contributed by atoms with Crippen molar-refractivity contribution in [2.45, 2.75) is 25.8 Å². The third-order valence-corrected chi connectivity index (χ3v) is 5.02. The van der Waals surface area contributed by atoms with E-state index in [1.807, 2.05) is 13.0 Å². The fourth-order valence-electron chi connectivity index (χ4n) is 3.53. The van der Waals surface area contributed by atoms with Crippen LogP contribution in [0.15, 0.2) is 59.6 Å². The maximum absolute atomic E-state index is 12.1. The van der Waals surface area contributed by atoms with Gasteiger partial charge in [-0.15, -0.1) is 0 Å². The quantitative estimate of drug-likeness (QED) is 0.320. The van der Waals surface area contributed by atoms with Crippen molar-refractivity contribution in [2.24, 2.45) is 4.99 Å². The van der Waals surface area contributed by atoms with Crippen LogP contribution in [0.25, 0.3) is 0 Å². The highest BCUT2D eigenvalue weighted by molar-refractivity contribution is 5.94. The molecule has 1 aliphatic heterocycles. The van der Waals surface area contributed by atoms with Crippen LogP contribution in [0.2, 0.25) is 0 Å². The maximum atomic E-state index is 12.1. The number of nitrogens with zero attached hydrogens (tertiary/aromatic N) is 2. The van der Waals surface area contributed by atoms with Gasteiger partial charge in [-0.05, 0) is 56.2 Å². The van der Waals surface area contributed by atoms with E-state index in [9.17, 15) is 9.90 Å². The fourth-order valence-corrected chi connectivity index (χ4v) is 3.53. The number of phenols is 1. The third kappa shape index (κ3) is 6.40. The molecule has 4 N–H and O–H groups in total. The molecule has 7 nitrogen and oxygen atoms in total. The molecule has 0 bridgehead atoms. The molecule has 3 rings (SSSR count). The number of para-hydroxylation sites is 1. The van der Waals surface area contributed by atoms with Crippen molar-refractivity contribution in [2.75, 3.05) is 37.6 Å². The number of nitrogens with one attached hydrogen (secondary N) is 3. The molecule has 7 heteroatoms. The van der Waals surface area contributed by atoms with Crippen molar-refractivity contribution in [1.82, 2.24) is 16.0 Å². The lowest BCUT2D eigenvalue weighted by Crippen LogP contribution is -2.51. The molecular weight excluding hydrogens is 378 g/mol. The van der Waals surface area contributed by atoms with Crippen molar-refractivity contribution in [3.63, 3.8) is 0 Å². The molecule has 0 aromatic heterocycles. The highest BCUT2D eigenvalue weighted by atomic mass is 16.3. The third-order valence-electron chi connectivity index (χ3n) is 5.02. The largest absolute Gasteiger partial charge is 0.508 e. The molecule has 2 aromatic rings. The number of amides is 1. The first-order valence-electron chi connectivity index (χ1n) is 10.6. The Morgan fingerprint density at radius 3 is 2.63 bits per heavy atom. The Morgan fingerprint density at radius 2 is 1.90 bits per heavy atom. The Morgan fingerprint density at radius 1 is 1.13 bits per heavy atom. The number of benzene rings is 2. The van der Waals surface area contributed by atoms with Crippen LogP contribution < -0.4 is 20.9 Å². The zero-order valence-corrected chi connectivity index (χ0v) is 17.5. The Bertz CT molecular complexity index is 823. The van der Waals surface area contributed by atoms with E-state index in [0.29, 0.717) is 24.7 Å². The van der Waals surface area contributed by atoms with Crippen LogP contribution >= 0.6 is 0 Å². The fraction of sp³-hybridized carbons (Fsp3) is 0.391. The molecule has 30 heavy (non-hydrogen) atoms. The monoisotopic (exact) mass is 409 g/mol. The summed E-state index contributed by atoms with van der Waals surface area (Å²) in [5.41, 5.74) is 1.77. The van der Waals surface area contributed by atoms with Gasteiger partial charge in [0.2, 0.25) is 0 Å². The number of piperidine rings is 1. The van der Waals surface area contributed by atoms with Crippen molar-refractivity contribution in [1.29, 1.82) is 0 Å². The highest BCUT2D eigenvalue weighted by Gasteiger charge is 2.20. The van der Waals surface area contributed by atoms with Crippen molar-refractivity contribution < 1.29 is 9.90 Å². The van der Waals surface area contributed by atoms with Gasteiger partial charge in [-0.1, -0.05) is 18.2 Å². The molecule has 0 aliphatic carbocycles. The van der Waals surface area contributed by atoms with Gasteiger partial charge in [0.1, 0.15) is 5.75 Å². The minimum absolute atomic E-state index is 0.144. The predicted molar refractivity (Wildman–Crippen MR) is 121 cm³/mol. The summed E-state index contributed by atoms with van der Waals surface area (Å²) >= 11 is 0. The molecule has 1 heterocycles. The van der Waals surface area contributed by atoms with Crippen molar-refractivity contribution >= 4 is 17.6 Å². The topological polar surface area (TPSA) is 89.0 Å². The van der Waals surface area contributed by atoms with Gasteiger partial charge in [0.15, 0.2) is 5.96 Å². The molecule has 0 radical (unpaired) electrons. The lowest BCUT2D eigenvalue weighted by Gasteiger charge is -2.35. The van der Waals surface area contributed by atoms with Crippen LogP contribution in [0.3, 0.4) is 0 Å². The summed E-state index contributed by atoms with van der Waals surface area (Å²) in [6, 6.07) is 17.0. The molecule has 1 atom stereocenters. The Kier molecular flexibility index (Phi) is 7.94. The van der Waals surface area contributed by atoms with E-state index in [2.05, 4.69) is 50.1 Å². The van der Waals surface area contributed by atoms with E-state index in [4.69, 9.17) is 0 Å². The molecule has 0 saturated carbocycles. The number of carbonyl (C=O) groups excluding carboxylic acids is 1. The zero-order chi connectivity index (χ0) is 21.2. The van der Waals surface area contributed by atoms with Crippen LogP contribution in [0.5, 0.6) is 5.75 Å². The molecule has 1 fully saturated rings. The lowest BCUT2D eigenvalue weighted by molar-refractivity contribution is 0.0955. The average Bonchev–Trinajstić information content (AvgIpc) is 2.78. The molecular formula is C23H31N5O2. The highest BCUT2D eigenvalue weighted by Crippen LogP contribution is 2.19. The SMILES string of the molecule is CCNC(=NCCNC(=O)c1ccc(O)cc1)NC1CCCN(c2ccccc2)C1. The van der Waals surface area contributed by atoms with Crippen molar-refractivity contribution in [3.05, 3.63) is 60.2 Å². The van der Waals surface area contributed by atoms with Crippen LogP contribution in [0, 0.1) is 0 Å². The number of hydrogen-bond acceptors (Lipinski definition) is 4. The van der Waals surface area contributed by atoms with Crippen LogP contribution in [0.4, 0.5) is 5.69 Å². The van der Waals surface area contributed by atoms with E-state index < -0.39 is 0 Å². The summed E-state index contributed by atoms with van der Waals surface area (Å²) in [6.45, 7) is 5.75. The van der Waals surface area contributed by atoms with Crippen molar-refractivity contribution in [3.8, 4) is 5.75 Å². The van der Waals surface area contributed by atoms with E-state index in [-0.39, 0.29) is 11.7 Å². The number of phenolic OH excluding ortho intramolecular Hbond substituents is 1. The van der Waals surface area contributed by atoms with Crippen LogP contribution in [0.1, 0.15) is 30.1 Å². The number of rotatable bonds is 7. The van der Waals surface area contributed by atoms with Gasteiger partial charge >= 0.3 is 0 Å². The van der Waals surface area contributed by atoms with Crippen LogP contribution in [-0.4, -0.2) is 55.7 Å². The van der Waals surface area contributed by atoms with Gasteiger partial charge in [-0.2, -0.15) is 0 Å². The summed E-state index contributed by atoms with van der Waals surface area (Å²) in [5, 5.41) is 19.0. The first-order chi connectivity index (χ1) is 14.7. The van der Waals surface area contributed by atoms with Gasteiger partial charge in [0, 0.05) is 43.5 Å². The summed E-state index contributed by atoms with van der Waals surface area (Å²) in [4.78, 5) is 19.1. The summed E-state index contributed by atoms with van der Waals surface area (Å²) in [6.07, 6.45) is 2.24. The number of guanidine groups is 1. The van der Waals surface area contributed by atoms with Gasteiger partial charge in [0.05, 0.1) is 6.54 Å². The average molecular weight is 410 g/mol. The number of anilines is 1. The van der Waals surface area contributed by atoms with E-state index >= 15 is 0 Å².